The summed E-state index contributed by atoms with van der Waals surface area (Å²) >= 11 is 1.36. The van der Waals surface area contributed by atoms with E-state index < -0.39 is 0 Å². The van der Waals surface area contributed by atoms with E-state index in [1.165, 1.54) is 238 Å². The SMILES string of the molecule is Cl.Cl.[CH3-].[CH3-].[Si]=[Zr].c1ccc2c(-c3ccc(-c4c5ccccc5cc5ccccc45)c4[cH-]c(CC5CCC5)cc34)c3ccccc3cc2c1.c1ccc2c(-c3ccc(-c4c5ccccc5cc5ccccc45)c4[cH-]c(CC5CCC5)cc34)c3ccccc3cc2c1. The average molecular weight is 1290 g/mol. The van der Waals surface area contributed by atoms with Crippen LogP contribution in [0.5, 0.6) is 0 Å². The molecule has 2 radical (unpaired) electrons. The zero-order valence-electron chi connectivity index (χ0n) is 51.0. The summed E-state index contributed by atoms with van der Waals surface area (Å²) < 4.78 is 0. The van der Waals surface area contributed by atoms with Gasteiger partial charge < -0.3 is 14.9 Å². The molecule has 0 aromatic heterocycles. The second-order valence-corrected chi connectivity index (χ2v) is 24.5. The van der Waals surface area contributed by atoms with Crippen LogP contribution in [0.15, 0.2) is 267 Å². The van der Waals surface area contributed by atoms with Gasteiger partial charge in [-0.3, -0.25) is 0 Å². The van der Waals surface area contributed by atoms with E-state index in [4.69, 9.17) is 0 Å². The predicted molar refractivity (Wildman–Crippen MR) is 396 cm³/mol. The third-order valence-corrected chi connectivity index (χ3v) is 19.6. The Bertz CT molecular complexity index is 4470. The first-order valence-corrected chi connectivity index (χ1v) is 35.2. The second-order valence-electron chi connectivity index (χ2n) is 24.5. The molecular weight excluding hydrogens is 1220 g/mol. The van der Waals surface area contributed by atoms with E-state index in [9.17, 15) is 0 Å². The van der Waals surface area contributed by atoms with Crippen molar-refractivity contribution in [1.29, 1.82) is 0 Å². The molecule has 2 saturated carbocycles. The average Bonchev–Trinajstić information content (AvgIpc) is 1.32. The number of benzene rings is 14. The fraction of sp³-hybridized carbons (Fsp3) is 0.116. The number of halogens is 2. The molecule has 2 aliphatic carbocycles. The van der Waals surface area contributed by atoms with Crippen molar-refractivity contribution in [2.24, 2.45) is 11.8 Å². The maximum absolute atomic E-state index is 3.06. The summed E-state index contributed by atoms with van der Waals surface area (Å²) in [7, 11) is 0. The molecule has 4 heteroatoms. The molecular formula is C86H70Cl2SiZr-4. The van der Waals surface area contributed by atoms with Gasteiger partial charge in [0, 0.05) is 0 Å². The van der Waals surface area contributed by atoms with Crippen LogP contribution in [0, 0.1) is 26.7 Å². The van der Waals surface area contributed by atoms with Crippen molar-refractivity contribution in [1.82, 2.24) is 0 Å². The van der Waals surface area contributed by atoms with Gasteiger partial charge in [-0.1, -0.05) is 279 Å². The van der Waals surface area contributed by atoms with Crippen LogP contribution in [-0.4, -0.2) is 6.88 Å². The first-order valence-electron chi connectivity index (χ1n) is 31.0. The van der Waals surface area contributed by atoms with Crippen LogP contribution in [0.2, 0.25) is 0 Å². The maximum atomic E-state index is 3.06. The normalized spacial score (nSPS) is 13.0. The number of fused-ring (bicyclic) bond motifs is 10. The van der Waals surface area contributed by atoms with Crippen LogP contribution in [0.1, 0.15) is 49.7 Å². The van der Waals surface area contributed by atoms with Crippen LogP contribution in [-0.2, 0) is 36.2 Å². The van der Waals surface area contributed by atoms with Gasteiger partial charge in [-0.15, -0.1) is 69.6 Å². The van der Waals surface area contributed by atoms with Crippen molar-refractivity contribution in [3.05, 3.63) is 293 Å². The molecule has 2 aliphatic rings. The molecule has 0 N–H and O–H groups in total. The molecule has 90 heavy (non-hydrogen) atoms. The fourth-order valence-corrected chi connectivity index (χ4v) is 15.1. The Balaban J connectivity index is 0.000000163. The van der Waals surface area contributed by atoms with Crippen molar-refractivity contribution in [2.75, 3.05) is 0 Å². The Morgan fingerprint density at radius 2 is 0.489 bits per heavy atom. The Hall–Kier alpha value is -7.94. The fourth-order valence-electron chi connectivity index (χ4n) is 15.1. The summed E-state index contributed by atoms with van der Waals surface area (Å²) in [6.45, 7) is 3.06. The minimum absolute atomic E-state index is 0. The summed E-state index contributed by atoms with van der Waals surface area (Å²) in [4.78, 5) is 0. The van der Waals surface area contributed by atoms with Gasteiger partial charge in [0.25, 0.3) is 0 Å². The molecule has 0 bridgehead atoms. The Morgan fingerprint density at radius 1 is 0.278 bits per heavy atom. The first-order chi connectivity index (χ1) is 42.6. The maximum Gasteiger partial charge on any atom is -0.0107 e. The van der Waals surface area contributed by atoms with Crippen LogP contribution in [0.3, 0.4) is 0 Å². The largest absolute Gasteiger partial charge is 0.164 e. The van der Waals surface area contributed by atoms with E-state index in [0.717, 1.165) is 11.8 Å². The van der Waals surface area contributed by atoms with Gasteiger partial charge in [-0.05, 0) is 157 Å². The van der Waals surface area contributed by atoms with Gasteiger partial charge in [0.15, 0.2) is 0 Å². The zero-order chi connectivity index (χ0) is 57.2. The third kappa shape index (κ3) is 10.9. The molecule has 440 valence electrons. The molecule has 0 atom stereocenters. The van der Waals surface area contributed by atoms with Gasteiger partial charge in [-0.2, -0.15) is 12.1 Å². The third-order valence-electron chi connectivity index (χ3n) is 19.6. The first kappa shape index (κ1) is 62.3. The van der Waals surface area contributed by atoms with Crippen LogP contribution in [0.4, 0.5) is 0 Å². The molecule has 0 saturated heterocycles. The Labute approximate surface area is 558 Å². The van der Waals surface area contributed by atoms with Gasteiger partial charge in [-0.25, -0.2) is 0 Å². The molecule has 16 aromatic carbocycles. The van der Waals surface area contributed by atoms with Crippen LogP contribution < -0.4 is 0 Å². The summed E-state index contributed by atoms with van der Waals surface area (Å²) in [6.07, 6.45) is 10.6. The van der Waals surface area contributed by atoms with E-state index in [1.807, 2.05) is 0 Å². The van der Waals surface area contributed by atoms with Crippen LogP contribution >= 0.6 is 24.8 Å². The zero-order valence-corrected chi connectivity index (χ0v) is 56.1. The Kier molecular flexibility index (Phi) is 18.3. The molecule has 16 aromatic rings. The summed E-state index contributed by atoms with van der Waals surface area (Å²) in [5.74, 6) is 1.65. The van der Waals surface area contributed by atoms with Gasteiger partial charge >= 0.3 is 30.2 Å². The van der Waals surface area contributed by atoms with Crippen molar-refractivity contribution in [2.45, 2.75) is 51.4 Å². The van der Waals surface area contributed by atoms with E-state index in [1.54, 1.807) is 0 Å². The van der Waals surface area contributed by atoms with Gasteiger partial charge in [0.1, 0.15) is 0 Å². The van der Waals surface area contributed by atoms with E-state index in [2.05, 4.69) is 274 Å². The van der Waals surface area contributed by atoms with Crippen LogP contribution in [0.25, 0.3) is 152 Å². The van der Waals surface area contributed by atoms with E-state index >= 15 is 0 Å². The molecule has 0 amide bonds. The number of hydrogen-bond acceptors (Lipinski definition) is 0. The van der Waals surface area contributed by atoms with Crippen molar-refractivity contribution in [3.63, 3.8) is 0 Å². The topological polar surface area (TPSA) is 0 Å². The molecule has 0 aliphatic heterocycles. The minimum atomic E-state index is 0. The van der Waals surface area contributed by atoms with Gasteiger partial charge in [0.05, 0.1) is 0 Å². The molecule has 0 unspecified atom stereocenters. The predicted octanol–water partition coefficient (Wildman–Crippen LogP) is 25.1. The standard InChI is InChI=1S/2C42H31.2CH3.2ClH.Si.Zr/c2*1-5-16-33-29(12-1)25-30-13-2-6-17-34(30)41(33)37-20-21-38(40-24-28(23-39(37)40)22-27-10-9-11-27)42-35-18-7-3-14-31(35)26-32-15-4-8-19-36(32)42;;;;;;/h2*1-8,12-21,23-27H,9-11,22H2;2*1H3;2*1H;;/q4*-1;;;;. The summed E-state index contributed by atoms with van der Waals surface area (Å²) in [5.41, 5.74) is 13.7. The quantitative estimate of drug-likeness (QED) is 0.0808. The second kappa shape index (κ2) is 26.5. The Morgan fingerprint density at radius 3 is 0.711 bits per heavy atom. The molecule has 0 nitrogen and oxygen atoms in total. The van der Waals surface area contributed by atoms with Gasteiger partial charge in [0.2, 0.25) is 0 Å². The monoisotopic (exact) mass is 1290 g/mol. The summed E-state index contributed by atoms with van der Waals surface area (Å²) in [6, 6.07) is 100. The smallest absolute Gasteiger partial charge is 0.0107 e. The van der Waals surface area contributed by atoms with Crippen molar-refractivity contribution >= 4 is 139 Å². The number of hydrogen-bond donors (Lipinski definition) is 0. The van der Waals surface area contributed by atoms with E-state index in [-0.39, 0.29) is 39.7 Å². The molecule has 0 spiro atoms. The minimum Gasteiger partial charge on any atom is -0.164 e. The van der Waals surface area contributed by atoms with Crippen molar-refractivity contribution < 1.29 is 23.3 Å². The molecule has 0 heterocycles. The van der Waals surface area contributed by atoms with E-state index in [0.29, 0.717) is 0 Å². The molecule has 18 rings (SSSR count). The molecule has 2 fully saturated rings. The summed E-state index contributed by atoms with van der Waals surface area (Å²) in [5, 5.41) is 26.4. The van der Waals surface area contributed by atoms with Crippen molar-refractivity contribution in [3.8, 4) is 44.5 Å². The number of rotatable bonds is 8.